The van der Waals surface area contributed by atoms with Gasteiger partial charge in [0.25, 0.3) is 0 Å². The number of esters is 1. The summed E-state index contributed by atoms with van der Waals surface area (Å²) in [6.07, 6.45) is 0. The predicted octanol–water partition coefficient (Wildman–Crippen LogP) is 2.93. The normalized spacial score (nSPS) is 10.1. The fourth-order valence-corrected chi connectivity index (χ4v) is 2.28. The summed E-state index contributed by atoms with van der Waals surface area (Å²) in [4.78, 5) is 25.9. The molecule has 0 aliphatic heterocycles. The van der Waals surface area contributed by atoms with Crippen molar-refractivity contribution in [2.24, 2.45) is 0 Å². The number of carbonyl (C=O) groups excluding carboxylic acids is 2. The van der Waals surface area contributed by atoms with Gasteiger partial charge in [-0.2, -0.15) is 0 Å². The summed E-state index contributed by atoms with van der Waals surface area (Å²) in [5.41, 5.74) is 2.09. The quantitative estimate of drug-likeness (QED) is 0.795. The number of hydrogen-bond donors (Lipinski definition) is 1. The van der Waals surface area contributed by atoms with Crippen LogP contribution < -0.4 is 5.32 Å². The molecule has 2 aromatic carbocycles. The van der Waals surface area contributed by atoms with Crippen molar-refractivity contribution in [2.45, 2.75) is 13.5 Å². The molecule has 0 saturated carbocycles. The van der Waals surface area contributed by atoms with Crippen molar-refractivity contribution in [3.05, 3.63) is 65.7 Å². The lowest BCUT2D eigenvalue weighted by molar-refractivity contribution is -0.128. The number of benzene rings is 2. The van der Waals surface area contributed by atoms with Gasteiger partial charge in [-0.05, 0) is 24.6 Å². The molecule has 2 aromatic rings. The van der Waals surface area contributed by atoms with E-state index in [1.54, 1.807) is 37.1 Å². The van der Waals surface area contributed by atoms with Crippen LogP contribution in [0.15, 0.2) is 54.6 Å². The number of nitrogens with one attached hydrogen (secondary N) is 1. The average Bonchev–Trinajstić information content (AvgIpc) is 2.61. The molecule has 0 saturated heterocycles. The summed E-state index contributed by atoms with van der Waals surface area (Å²) in [5.74, 6) is -0.455. The lowest BCUT2D eigenvalue weighted by Crippen LogP contribution is -2.32. The Morgan fingerprint density at radius 1 is 1.04 bits per heavy atom. The van der Waals surface area contributed by atoms with Gasteiger partial charge >= 0.3 is 5.97 Å². The maximum atomic E-state index is 12.3. The molecule has 0 aliphatic rings. The second kappa shape index (κ2) is 8.72. The highest BCUT2D eigenvalue weighted by atomic mass is 16.5. The second-order valence-electron chi connectivity index (χ2n) is 5.36. The molecule has 0 atom stereocenters. The molecule has 0 bridgehead atoms. The summed E-state index contributed by atoms with van der Waals surface area (Å²) in [6, 6.07) is 16.8. The fraction of sp³-hybridized carbons (Fsp3) is 0.263. The standard InChI is InChI=1S/C19H22N2O3/c1-3-24-19(23)16-11-7-8-12-17(16)20-13-18(22)21(2)14-15-9-5-4-6-10-15/h4-12,20H,3,13-14H2,1-2H3. The molecule has 0 spiro atoms. The minimum Gasteiger partial charge on any atom is -0.462 e. The molecule has 0 unspecified atom stereocenters. The number of ether oxygens (including phenoxy) is 1. The van der Waals surface area contributed by atoms with Gasteiger partial charge in [-0.1, -0.05) is 42.5 Å². The van der Waals surface area contributed by atoms with Crippen LogP contribution in [0.1, 0.15) is 22.8 Å². The van der Waals surface area contributed by atoms with Gasteiger partial charge < -0.3 is 15.0 Å². The number of rotatable bonds is 7. The van der Waals surface area contributed by atoms with Gasteiger partial charge in [0.15, 0.2) is 0 Å². The highest BCUT2D eigenvalue weighted by Crippen LogP contribution is 2.16. The minimum atomic E-state index is -0.398. The smallest absolute Gasteiger partial charge is 0.340 e. The second-order valence-corrected chi connectivity index (χ2v) is 5.36. The summed E-state index contributed by atoms with van der Waals surface area (Å²) < 4.78 is 5.03. The van der Waals surface area contributed by atoms with E-state index in [9.17, 15) is 9.59 Å². The van der Waals surface area contributed by atoms with E-state index in [-0.39, 0.29) is 12.5 Å². The maximum Gasteiger partial charge on any atom is 0.340 e. The van der Waals surface area contributed by atoms with Gasteiger partial charge in [-0.3, -0.25) is 4.79 Å². The molecule has 1 N–H and O–H groups in total. The third-order valence-electron chi connectivity index (χ3n) is 3.54. The van der Waals surface area contributed by atoms with Crippen molar-refractivity contribution in [1.82, 2.24) is 4.90 Å². The number of hydrogen-bond acceptors (Lipinski definition) is 4. The Balaban J connectivity index is 1.95. The number of likely N-dealkylation sites (N-methyl/N-ethyl adjacent to an activating group) is 1. The summed E-state index contributed by atoms with van der Waals surface area (Å²) in [6.45, 7) is 2.72. The van der Waals surface area contributed by atoms with Crippen LogP contribution >= 0.6 is 0 Å². The van der Waals surface area contributed by atoms with Gasteiger partial charge in [0.2, 0.25) is 5.91 Å². The Bertz CT molecular complexity index is 686. The molecule has 0 heterocycles. The number of anilines is 1. The monoisotopic (exact) mass is 326 g/mol. The SMILES string of the molecule is CCOC(=O)c1ccccc1NCC(=O)N(C)Cc1ccccc1. The first kappa shape index (κ1) is 17.5. The van der Waals surface area contributed by atoms with E-state index >= 15 is 0 Å². The Morgan fingerprint density at radius 3 is 2.42 bits per heavy atom. The van der Waals surface area contributed by atoms with Gasteiger partial charge in [-0.15, -0.1) is 0 Å². The number of nitrogens with zero attached hydrogens (tertiary/aromatic N) is 1. The Hall–Kier alpha value is -2.82. The number of carbonyl (C=O) groups is 2. The molecular weight excluding hydrogens is 304 g/mol. The van der Waals surface area contributed by atoms with Crippen LogP contribution in [0.3, 0.4) is 0 Å². The van der Waals surface area contributed by atoms with Gasteiger partial charge in [-0.25, -0.2) is 4.79 Å². The molecule has 5 heteroatoms. The van der Waals surface area contributed by atoms with Gasteiger partial charge in [0, 0.05) is 19.3 Å². The van der Waals surface area contributed by atoms with E-state index in [0.29, 0.717) is 24.4 Å². The van der Waals surface area contributed by atoms with Crippen LogP contribution in [0.25, 0.3) is 0 Å². The van der Waals surface area contributed by atoms with Crippen molar-refractivity contribution in [3.8, 4) is 0 Å². The van der Waals surface area contributed by atoms with E-state index in [1.807, 2.05) is 36.4 Å². The predicted molar refractivity (Wildman–Crippen MR) is 93.8 cm³/mol. The van der Waals surface area contributed by atoms with Crippen LogP contribution in [0.4, 0.5) is 5.69 Å². The van der Waals surface area contributed by atoms with Crippen molar-refractivity contribution < 1.29 is 14.3 Å². The van der Waals surface area contributed by atoms with Crippen LogP contribution in [0, 0.1) is 0 Å². The summed E-state index contributed by atoms with van der Waals surface area (Å²) in [7, 11) is 1.76. The van der Waals surface area contributed by atoms with Crippen LogP contribution in [-0.4, -0.2) is 37.0 Å². The van der Waals surface area contributed by atoms with Crippen molar-refractivity contribution in [1.29, 1.82) is 0 Å². The first-order valence-corrected chi connectivity index (χ1v) is 7.89. The zero-order valence-corrected chi connectivity index (χ0v) is 14.0. The van der Waals surface area contributed by atoms with E-state index < -0.39 is 5.97 Å². The topological polar surface area (TPSA) is 58.6 Å². The maximum absolute atomic E-state index is 12.3. The molecule has 2 rings (SSSR count). The van der Waals surface area contributed by atoms with Gasteiger partial charge in [0.1, 0.15) is 0 Å². The van der Waals surface area contributed by atoms with Crippen LogP contribution in [0.2, 0.25) is 0 Å². The first-order chi connectivity index (χ1) is 11.6. The van der Waals surface area contributed by atoms with E-state index in [2.05, 4.69) is 5.32 Å². The van der Waals surface area contributed by atoms with Gasteiger partial charge in [0.05, 0.1) is 18.7 Å². The fourth-order valence-electron chi connectivity index (χ4n) is 2.28. The molecule has 0 aliphatic carbocycles. The van der Waals surface area contributed by atoms with E-state index in [4.69, 9.17) is 4.74 Å². The highest BCUT2D eigenvalue weighted by molar-refractivity contribution is 5.96. The molecular formula is C19H22N2O3. The molecule has 0 aromatic heterocycles. The third-order valence-corrected chi connectivity index (χ3v) is 3.54. The van der Waals surface area contributed by atoms with E-state index in [1.165, 1.54) is 0 Å². The molecule has 0 fully saturated rings. The number of amides is 1. The molecule has 1 amide bonds. The summed E-state index contributed by atoms with van der Waals surface area (Å²) >= 11 is 0. The number of para-hydroxylation sites is 1. The molecule has 0 radical (unpaired) electrons. The lowest BCUT2D eigenvalue weighted by Gasteiger charge is -2.18. The first-order valence-electron chi connectivity index (χ1n) is 7.89. The highest BCUT2D eigenvalue weighted by Gasteiger charge is 2.14. The largest absolute Gasteiger partial charge is 0.462 e. The zero-order chi connectivity index (χ0) is 17.4. The van der Waals surface area contributed by atoms with Crippen molar-refractivity contribution in [3.63, 3.8) is 0 Å². The molecule has 24 heavy (non-hydrogen) atoms. The zero-order valence-electron chi connectivity index (χ0n) is 14.0. The Kier molecular flexibility index (Phi) is 6.37. The minimum absolute atomic E-state index is 0.0579. The van der Waals surface area contributed by atoms with Crippen molar-refractivity contribution in [2.75, 3.05) is 25.5 Å². The average molecular weight is 326 g/mol. The van der Waals surface area contributed by atoms with Crippen LogP contribution in [0.5, 0.6) is 0 Å². The Morgan fingerprint density at radius 2 is 1.71 bits per heavy atom. The van der Waals surface area contributed by atoms with Crippen molar-refractivity contribution >= 4 is 17.6 Å². The molecule has 126 valence electrons. The van der Waals surface area contributed by atoms with E-state index in [0.717, 1.165) is 5.56 Å². The Labute approximate surface area is 142 Å². The molecule has 5 nitrogen and oxygen atoms in total. The lowest BCUT2D eigenvalue weighted by atomic mass is 10.2. The summed E-state index contributed by atoms with van der Waals surface area (Å²) in [5, 5.41) is 3.03. The third kappa shape index (κ3) is 4.84. The van der Waals surface area contributed by atoms with Crippen LogP contribution in [-0.2, 0) is 16.1 Å².